The summed E-state index contributed by atoms with van der Waals surface area (Å²) in [6, 6.07) is 16.6. The first kappa shape index (κ1) is 18.0. The van der Waals surface area contributed by atoms with Crippen molar-refractivity contribution in [3.05, 3.63) is 65.7 Å². The highest BCUT2D eigenvalue weighted by Gasteiger charge is 2.19. The molecule has 1 N–H and O–H groups in total. The molecule has 24 heavy (non-hydrogen) atoms. The number of benzene rings is 2. The zero-order chi connectivity index (χ0) is 17.7. The van der Waals surface area contributed by atoms with Crippen molar-refractivity contribution in [3.8, 4) is 0 Å². The van der Waals surface area contributed by atoms with E-state index in [1.807, 2.05) is 37.3 Å². The molecule has 0 aliphatic carbocycles. The molecule has 1 amide bonds. The van der Waals surface area contributed by atoms with Crippen LogP contribution in [0, 0.1) is 0 Å². The van der Waals surface area contributed by atoms with E-state index in [0.29, 0.717) is 17.8 Å². The second-order valence-electron chi connectivity index (χ2n) is 5.77. The van der Waals surface area contributed by atoms with Gasteiger partial charge < -0.3 is 5.32 Å². The van der Waals surface area contributed by atoms with Crippen LogP contribution in [0.2, 0.25) is 0 Å². The maximum atomic E-state index is 12.5. The number of anilines is 1. The van der Waals surface area contributed by atoms with Gasteiger partial charge in [-0.05, 0) is 23.6 Å². The number of nitrogens with zero attached hydrogens (tertiary/aromatic N) is 1. The number of nitrogens with one attached hydrogen (secondary N) is 1. The lowest BCUT2D eigenvalue weighted by Gasteiger charge is -2.20. The smallest absolute Gasteiger partial charge is 0.253 e. The highest BCUT2D eigenvalue weighted by molar-refractivity contribution is 7.92. The molecule has 5 nitrogen and oxygen atoms in total. The van der Waals surface area contributed by atoms with Crippen molar-refractivity contribution in [3.63, 3.8) is 0 Å². The lowest BCUT2D eigenvalue weighted by molar-refractivity contribution is 0.0952. The Hall–Kier alpha value is -2.34. The largest absolute Gasteiger partial charge is 0.351 e. The van der Waals surface area contributed by atoms with Gasteiger partial charge >= 0.3 is 0 Å². The summed E-state index contributed by atoms with van der Waals surface area (Å²) in [6.45, 7) is 2.50. The number of rotatable bonds is 6. The maximum Gasteiger partial charge on any atom is 0.253 e. The molecule has 1 atom stereocenters. The molecule has 0 radical (unpaired) electrons. The summed E-state index contributed by atoms with van der Waals surface area (Å²) in [5, 5.41) is 2.88. The van der Waals surface area contributed by atoms with Gasteiger partial charge in [-0.2, -0.15) is 0 Å². The molecule has 2 aromatic rings. The molecule has 0 aromatic heterocycles. The number of carbonyl (C=O) groups is 1. The monoisotopic (exact) mass is 346 g/mol. The third-order valence-corrected chi connectivity index (χ3v) is 5.11. The fraction of sp³-hybridized carbons (Fsp3) is 0.278. The van der Waals surface area contributed by atoms with Crippen LogP contribution < -0.4 is 9.62 Å². The molecule has 0 heterocycles. The van der Waals surface area contributed by atoms with Crippen LogP contribution in [0.1, 0.15) is 28.8 Å². The molecule has 0 saturated carbocycles. The Bertz CT molecular complexity index is 804. The zero-order valence-electron chi connectivity index (χ0n) is 14.1. The van der Waals surface area contributed by atoms with Gasteiger partial charge in [-0.3, -0.25) is 9.10 Å². The quantitative estimate of drug-likeness (QED) is 0.874. The van der Waals surface area contributed by atoms with Crippen molar-refractivity contribution in [1.82, 2.24) is 5.32 Å². The Morgan fingerprint density at radius 1 is 1.08 bits per heavy atom. The van der Waals surface area contributed by atoms with E-state index >= 15 is 0 Å². The molecule has 0 spiro atoms. The summed E-state index contributed by atoms with van der Waals surface area (Å²) >= 11 is 0. The Morgan fingerprint density at radius 2 is 1.67 bits per heavy atom. The van der Waals surface area contributed by atoms with Gasteiger partial charge in [-0.25, -0.2) is 8.42 Å². The van der Waals surface area contributed by atoms with Crippen molar-refractivity contribution in [1.29, 1.82) is 0 Å². The summed E-state index contributed by atoms with van der Waals surface area (Å²) in [6.07, 6.45) is 1.11. The summed E-state index contributed by atoms with van der Waals surface area (Å²) < 4.78 is 24.6. The number of carbonyl (C=O) groups excluding carboxylic acids is 1. The third-order valence-electron chi connectivity index (χ3n) is 3.92. The van der Waals surface area contributed by atoms with Gasteiger partial charge in [0.25, 0.3) is 5.91 Å². The number of para-hydroxylation sites is 1. The molecule has 0 saturated heterocycles. The highest BCUT2D eigenvalue weighted by atomic mass is 32.2. The van der Waals surface area contributed by atoms with Crippen molar-refractivity contribution in [2.75, 3.05) is 24.2 Å². The van der Waals surface area contributed by atoms with Gasteiger partial charge in [0.15, 0.2) is 0 Å². The van der Waals surface area contributed by atoms with E-state index < -0.39 is 10.0 Å². The summed E-state index contributed by atoms with van der Waals surface area (Å²) in [5.74, 6) is -0.126. The SMILES string of the molecule is CC(CNC(=O)c1ccccc1N(C)S(C)(=O)=O)c1ccccc1. The van der Waals surface area contributed by atoms with E-state index in [4.69, 9.17) is 0 Å². The molecule has 2 aromatic carbocycles. The fourth-order valence-electron chi connectivity index (χ4n) is 2.36. The van der Waals surface area contributed by atoms with Gasteiger partial charge in [0.1, 0.15) is 0 Å². The minimum Gasteiger partial charge on any atom is -0.351 e. The molecule has 0 aliphatic heterocycles. The first-order valence-corrected chi connectivity index (χ1v) is 9.51. The molecule has 0 bridgehead atoms. The second-order valence-corrected chi connectivity index (χ2v) is 7.78. The number of hydrogen-bond donors (Lipinski definition) is 1. The van der Waals surface area contributed by atoms with E-state index in [1.54, 1.807) is 24.3 Å². The molecule has 0 fully saturated rings. The first-order valence-electron chi connectivity index (χ1n) is 7.66. The molecule has 6 heteroatoms. The van der Waals surface area contributed by atoms with Gasteiger partial charge in [-0.1, -0.05) is 49.4 Å². The summed E-state index contributed by atoms with van der Waals surface area (Å²) in [7, 11) is -1.99. The van der Waals surface area contributed by atoms with Gasteiger partial charge in [0, 0.05) is 13.6 Å². The Labute approximate surface area is 143 Å². The molecular formula is C18H22N2O3S. The predicted molar refractivity (Wildman–Crippen MR) is 96.9 cm³/mol. The summed E-state index contributed by atoms with van der Waals surface area (Å²) in [4.78, 5) is 12.5. The Kier molecular flexibility index (Phi) is 5.62. The first-order chi connectivity index (χ1) is 11.3. The number of amides is 1. The lowest BCUT2D eigenvalue weighted by Crippen LogP contribution is -2.31. The number of hydrogen-bond acceptors (Lipinski definition) is 3. The van der Waals surface area contributed by atoms with Crippen molar-refractivity contribution in [2.24, 2.45) is 0 Å². The molecule has 2 rings (SSSR count). The fourth-order valence-corrected chi connectivity index (χ4v) is 2.88. The van der Waals surface area contributed by atoms with E-state index in [9.17, 15) is 13.2 Å². The Morgan fingerprint density at radius 3 is 2.29 bits per heavy atom. The van der Waals surface area contributed by atoms with Crippen LogP contribution >= 0.6 is 0 Å². The van der Waals surface area contributed by atoms with Crippen LogP contribution in [-0.2, 0) is 10.0 Å². The minimum absolute atomic E-state index is 0.162. The lowest BCUT2D eigenvalue weighted by atomic mass is 10.0. The average molecular weight is 346 g/mol. The normalized spacial score (nSPS) is 12.5. The maximum absolute atomic E-state index is 12.5. The van der Waals surface area contributed by atoms with Gasteiger partial charge in [-0.15, -0.1) is 0 Å². The topological polar surface area (TPSA) is 66.5 Å². The standard InChI is InChI=1S/C18H22N2O3S/c1-14(15-9-5-4-6-10-15)13-19-18(21)16-11-7-8-12-17(16)20(2)24(3,22)23/h4-12,14H,13H2,1-3H3,(H,19,21). The van der Waals surface area contributed by atoms with Crippen LogP contribution in [0.15, 0.2) is 54.6 Å². The van der Waals surface area contributed by atoms with E-state index in [1.165, 1.54) is 7.05 Å². The van der Waals surface area contributed by atoms with Crippen LogP contribution in [0.5, 0.6) is 0 Å². The summed E-state index contributed by atoms with van der Waals surface area (Å²) in [5.41, 5.74) is 1.84. The zero-order valence-corrected chi connectivity index (χ0v) is 14.9. The Balaban J connectivity index is 2.13. The molecular weight excluding hydrogens is 324 g/mol. The molecule has 128 valence electrons. The van der Waals surface area contributed by atoms with E-state index in [2.05, 4.69) is 5.32 Å². The van der Waals surface area contributed by atoms with Crippen LogP contribution in [0.4, 0.5) is 5.69 Å². The van der Waals surface area contributed by atoms with Gasteiger partial charge in [0.05, 0.1) is 17.5 Å². The average Bonchev–Trinajstić information content (AvgIpc) is 2.58. The van der Waals surface area contributed by atoms with Crippen molar-refractivity contribution >= 4 is 21.6 Å². The third kappa shape index (κ3) is 4.35. The van der Waals surface area contributed by atoms with Gasteiger partial charge in [0.2, 0.25) is 10.0 Å². The second kappa shape index (κ2) is 7.49. The van der Waals surface area contributed by atoms with Crippen molar-refractivity contribution in [2.45, 2.75) is 12.8 Å². The van der Waals surface area contributed by atoms with Crippen LogP contribution in [0.3, 0.4) is 0 Å². The van der Waals surface area contributed by atoms with E-state index in [-0.39, 0.29) is 11.8 Å². The van der Waals surface area contributed by atoms with Crippen LogP contribution in [0.25, 0.3) is 0 Å². The number of sulfonamides is 1. The van der Waals surface area contributed by atoms with Crippen molar-refractivity contribution < 1.29 is 13.2 Å². The minimum atomic E-state index is -3.43. The molecule has 0 aliphatic rings. The molecule has 1 unspecified atom stereocenters. The predicted octanol–water partition coefficient (Wildman–Crippen LogP) is 2.62. The highest BCUT2D eigenvalue weighted by Crippen LogP contribution is 2.21. The van der Waals surface area contributed by atoms with Crippen LogP contribution in [-0.4, -0.2) is 34.2 Å². The van der Waals surface area contributed by atoms with E-state index in [0.717, 1.165) is 16.1 Å².